The van der Waals surface area contributed by atoms with E-state index < -0.39 is 0 Å². The van der Waals surface area contributed by atoms with Crippen molar-refractivity contribution in [3.05, 3.63) is 66.1 Å². The minimum atomic E-state index is -0.192. The van der Waals surface area contributed by atoms with Gasteiger partial charge in [0.15, 0.2) is 6.61 Å². The van der Waals surface area contributed by atoms with Crippen LogP contribution in [0.1, 0.15) is 30.3 Å². The summed E-state index contributed by atoms with van der Waals surface area (Å²) in [6.45, 7) is 2.69. The van der Waals surface area contributed by atoms with Crippen molar-refractivity contribution in [2.75, 3.05) is 13.2 Å². The lowest BCUT2D eigenvalue weighted by Crippen LogP contribution is -2.34. The van der Waals surface area contributed by atoms with Crippen LogP contribution in [-0.2, 0) is 4.79 Å². The van der Waals surface area contributed by atoms with E-state index in [2.05, 4.69) is 10.1 Å². The third-order valence-electron chi connectivity index (χ3n) is 4.68. The van der Waals surface area contributed by atoms with Crippen molar-refractivity contribution in [2.45, 2.75) is 25.8 Å². The Hall–Kier alpha value is -3.15. The van der Waals surface area contributed by atoms with Crippen molar-refractivity contribution >= 4 is 5.91 Å². The van der Waals surface area contributed by atoms with Crippen LogP contribution in [0.25, 0.3) is 11.4 Å². The molecule has 4 rings (SSSR count). The zero-order valence-corrected chi connectivity index (χ0v) is 15.2. The fourth-order valence-electron chi connectivity index (χ4n) is 3.34. The second kappa shape index (κ2) is 7.61. The molecule has 2 aromatic carbocycles. The summed E-state index contributed by atoms with van der Waals surface area (Å²) < 4.78 is 11.1. The van der Waals surface area contributed by atoms with Gasteiger partial charge in [-0.3, -0.25) is 4.79 Å². The summed E-state index contributed by atoms with van der Waals surface area (Å²) in [6.07, 6.45) is 1.72. The fraction of sp³-hybridized carbons (Fsp3) is 0.286. The predicted octanol–water partition coefficient (Wildman–Crippen LogP) is 3.79. The molecular formula is C21H21N3O3. The van der Waals surface area contributed by atoms with E-state index in [9.17, 15) is 4.79 Å². The van der Waals surface area contributed by atoms with Crippen molar-refractivity contribution in [2.24, 2.45) is 0 Å². The molecule has 2 heterocycles. The Labute approximate surface area is 157 Å². The summed E-state index contributed by atoms with van der Waals surface area (Å²) in [6, 6.07) is 17.1. The van der Waals surface area contributed by atoms with E-state index in [1.165, 1.54) is 0 Å². The number of carbonyl (C=O) groups excluding carboxylic acids is 1. The number of likely N-dealkylation sites (tertiary alicyclic amines) is 1. The van der Waals surface area contributed by atoms with Crippen molar-refractivity contribution in [3.63, 3.8) is 0 Å². The molecule has 0 saturated carbocycles. The molecule has 0 N–H and O–H groups in total. The minimum Gasteiger partial charge on any atom is -0.484 e. The first-order valence-electron chi connectivity index (χ1n) is 9.09. The molecule has 1 amide bonds. The third kappa shape index (κ3) is 3.84. The zero-order chi connectivity index (χ0) is 18.6. The summed E-state index contributed by atoms with van der Waals surface area (Å²) in [4.78, 5) is 19.0. The Bertz CT molecular complexity index is 923. The SMILES string of the molecule is Cc1cccc(-c2noc(C3CCCN3C(=O)COc3ccccc3)n2)c1. The van der Waals surface area contributed by atoms with Crippen molar-refractivity contribution < 1.29 is 14.1 Å². The van der Waals surface area contributed by atoms with Crippen LogP contribution in [0.2, 0.25) is 0 Å². The summed E-state index contributed by atoms with van der Waals surface area (Å²) in [5, 5.41) is 4.10. The van der Waals surface area contributed by atoms with Gasteiger partial charge in [-0.2, -0.15) is 4.98 Å². The van der Waals surface area contributed by atoms with Crippen LogP contribution in [0, 0.1) is 6.92 Å². The Balaban J connectivity index is 1.46. The summed E-state index contributed by atoms with van der Waals surface area (Å²) >= 11 is 0. The quantitative estimate of drug-likeness (QED) is 0.690. The standard InChI is InChI=1S/C21H21N3O3/c1-15-7-5-8-16(13-15)20-22-21(27-23-20)18-11-6-12-24(18)19(25)14-26-17-9-3-2-4-10-17/h2-5,7-10,13,18H,6,11-12,14H2,1H3. The maximum Gasteiger partial charge on any atom is 0.261 e. The van der Waals surface area contributed by atoms with Gasteiger partial charge >= 0.3 is 0 Å². The highest BCUT2D eigenvalue weighted by Gasteiger charge is 2.34. The average molecular weight is 363 g/mol. The molecule has 0 radical (unpaired) electrons. The van der Waals surface area contributed by atoms with Gasteiger partial charge in [0.25, 0.3) is 5.91 Å². The normalized spacial score (nSPS) is 16.5. The Morgan fingerprint density at radius 1 is 1.22 bits per heavy atom. The first-order valence-corrected chi connectivity index (χ1v) is 9.09. The second-order valence-electron chi connectivity index (χ2n) is 6.67. The Morgan fingerprint density at radius 3 is 2.89 bits per heavy atom. The zero-order valence-electron chi connectivity index (χ0n) is 15.2. The number of hydrogen-bond acceptors (Lipinski definition) is 5. The lowest BCUT2D eigenvalue weighted by atomic mass is 10.1. The van der Waals surface area contributed by atoms with E-state index in [4.69, 9.17) is 9.26 Å². The van der Waals surface area contributed by atoms with E-state index in [-0.39, 0.29) is 18.6 Å². The van der Waals surface area contributed by atoms with Gasteiger partial charge in [0.05, 0.1) is 0 Å². The van der Waals surface area contributed by atoms with Gasteiger partial charge in [0.2, 0.25) is 11.7 Å². The van der Waals surface area contributed by atoms with Crippen LogP contribution in [0.3, 0.4) is 0 Å². The summed E-state index contributed by atoms with van der Waals surface area (Å²) in [7, 11) is 0. The van der Waals surface area contributed by atoms with Crippen molar-refractivity contribution in [1.29, 1.82) is 0 Å². The number of para-hydroxylation sites is 1. The molecule has 1 saturated heterocycles. The van der Waals surface area contributed by atoms with Gasteiger partial charge in [-0.15, -0.1) is 0 Å². The van der Waals surface area contributed by atoms with Gasteiger partial charge in [0, 0.05) is 12.1 Å². The maximum atomic E-state index is 12.6. The number of rotatable bonds is 5. The van der Waals surface area contributed by atoms with Gasteiger partial charge < -0.3 is 14.2 Å². The molecule has 3 aromatic rings. The monoisotopic (exact) mass is 363 g/mol. The second-order valence-corrected chi connectivity index (χ2v) is 6.67. The lowest BCUT2D eigenvalue weighted by molar-refractivity contribution is -0.134. The van der Waals surface area contributed by atoms with E-state index in [1.54, 1.807) is 4.90 Å². The van der Waals surface area contributed by atoms with Crippen LogP contribution >= 0.6 is 0 Å². The molecule has 1 atom stereocenters. The van der Waals surface area contributed by atoms with E-state index in [0.29, 0.717) is 24.0 Å². The number of hydrogen-bond donors (Lipinski definition) is 0. The average Bonchev–Trinajstić information content (AvgIpc) is 3.36. The number of nitrogens with zero attached hydrogens (tertiary/aromatic N) is 3. The molecule has 1 unspecified atom stereocenters. The molecule has 1 fully saturated rings. The predicted molar refractivity (Wildman–Crippen MR) is 100 cm³/mol. The number of ether oxygens (including phenoxy) is 1. The molecule has 0 spiro atoms. The molecular weight excluding hydrogens is 342 g/mol. The number of aromatic nitrogens is 2. The van der Waals surface area contributed by atoms with E-state index in [1.807, 2.05) is 61.5 Å². The molecule has 6 heteroatoms. The van der Waals surface area contributed by atoms with Crippen LogP contribution in [0.15, 0.2) is 59.1 Å². The number of aryl methyl sites for hydroxylation is 1. The maximum absolute atomic E-state index is 12.6. The molecule has 1 aromatic heterocycles. The first kappa shape index (κ1) is 17.3. The number of benzene rings is 2. The molecule has 1 aliphatic rings. The highest BCUT2D eigenvalue weighted by molar-refractivity contribution is 5.78. The van der Waals surface area contributed by atoms with Gasteiger partial charge in [0.1, 0.15) is 11.8 Å². The van der Waals surface area contributed by atoms with Gasteiger partial charge in [-0.25, -0.2) is 0 Å². The first-order chi connectivity index (χ1) is 13.2. The molecule has 27 heavy (non-hydrogen) atoms. The lowest BCUT2D eigenvalue weighted by Gasteiger charge is -2.21. The van der Waals surface area contributed by atoms with E-state index in [0.717, 1.165) is 24.0 Å². The highest BCUT2D eigenvalue weighted by Crippen LogP contribution is 2.32. The topological polar surface area (TPSA) is 68.5 Å². The Kier molecular flexibility index (Phi) is 4.87. The minimum absolute atomic E-state index is 0.000608. The largest absolute Gasteiger partial charge is 0.484 e. The van der Waals surface area contributed by atoms with Crippen molar-refractivity contribution in [3.8, 4) is 17.1 Å². The van der Waals surface area contributed by atoms with Crippen LogP contribution in [0.5, 0.6) is 5.75 Å². The van der Waals surface area contributed by atoms with Crippen LogP contribution in [0.4, 0.5) is 0 Å². The van der Waals surface area contributed by atoms with Crippen LogP contribution in [-0.4, -0.2) is 34.1 Å². The molecule has 0 bridgehead atoms. The van der Waals surface area contributed by atoms with E-state index >= 15 is 0 Å². The van der Waals surface area contributed by atoms with Crippen molar-refractivity contribution in [1.82, 2.24) is 15.0 Å². The highest BCUT2D eigenvalue weighted by atomic mass is 16.5. The molecule has 0 aliphatic carbocycles. The summed E-state index contributed by atoms with van der Waals surface area (Å²) in [5.41, 5.74) is 2.04. The molecule has 138 valence electrons. The smallest absolute Gasteiger partial charge is 0.261 e. The number of carbonyl (C=O) groups is 1. The van der Waals surface area contributed by atoms with Gasteiger partial charge in [-0.1, -0.05) is 47.1 Å². The Morgan fingerprint density at radius 2 is 2.07 bits per heavy atom. The fourth-order valence-corrected chi connectivity index (χ4v) is 3.34. The van der Waals surface area contributed by atoms with Crippen LogP contribution < -0.4 is 4.74 Å². The molecule has 1 aliphatic heterocycles. The third-order valence-corrected chi connectivity index (χ3v) is 4.68. The number of amides is 1. The molecule has 6 nitrogen and oxygen atoms in total. The van der Waals surface area contributed by atoms with Gasteiger partial charge in [-0.05, 0) is 38.0 Å². The summed E-state index contributed by atoms with van der Waals surface area (Å²) in [5.74, 6) is 1.64.